The van der Waals surface area contributed by atoms with Crippen molar-refractivity contribution in [2.45, 2.75) is 20.3 Å². The Labute approximate surface area is 77.6 Å². The molecule has 0 heterocycles. The van der Waals surface area contributed by atoms with Gasteiger partial charge >= 0.3 is 5.97 Å². The van der Waals surface area contributed by atoms with E-state index in [1.165, 1.54) is 17.6 Å². The molecule has 0 radical (unpaired) electrons. The van der Waals surface area contributed by atoms with Gasteiger partial charge in [0.05, 0.1) is 5.92 Å². The molecule has 3 fully saturated rings. The van der Waals surface area contributed by atoms with Gasteiger partial charge in [-0.1, -0.05) is 11.1 Å². The maximum absolute atomic E-state index is 10.9. The maximum Gasteiger partial charge on any atom is 0.307 e. The fraction of sp³-hybridized carbons (Fsp3) is 0.727. The highest BCUT2D eigenvalue weighted by molar-refractivity contribution is 5.77. The average molecular weight is 178 g/mol. The number of carboxylic acid groups (broad SMARTS) is 1. The number of carbonyl (C=O) groups is 1. The van der Waals surface area contributed by atoms with E-state index in [1.807, 2.05) is 0 Å². The Balaban J connectivity index is 1.95. The first-order valence-electron chi connectivity index (χ1n) is 5.03. The summed E-state index contributed by atoms with van der Waals surface area (Å²) < 4.78 is 0. The van der Waals surface area contributed by atoms with Crippen molar-refractivity contribution in [2.24, 2.45) is 29.6 Å². The lowest BCUT2D eigenvalue weighted by Gasteiger charge is -2.05. The van der Waals surface area contributed by atoms with Crippen molar-refractivity contribution in [1.82, 2.24) is 0 Å². The molecular weight excluding hydrogens is 164 g/mol. The van der Waals surface area contributed by atoms with Crippen LogP contribution in [0.15, 0.2) is 11.1 Å². The van der Waals surface area contributed by atoms with E-state index in [0.29, 0.717) is 11.8 Å². The second kappa shape index (κ2) is 1.99. The zero-order chi connectivity index (χ0) is 9.33. The zero-order valence-electron chi connectivity index (χ0n) is 7.95. The molecule has 0 unspecified atom stereocenters. The third-order valence-corrected chi connectivity index (χ3v) is 4.03. The molecule has 3 rings (SSSR count). The maximum atomic E-state index is 10.9. The normalized spacial score (nSPS) is 49.7. The number of fused-ring (bicyclic) bond motifs is 3. The van der Waals surface area contributed by atoms with E-state index in [4.69, 9.17) is 5.11 Å². The quantitative estimate of drug-likeness (QED) is 0.623. The molecule has 3 aliphatic rings. The molecule has 3 saturated carbocycles. The van der Waals surface area contributed by atoms with Crippen LogP contribution in [0.2, 0.25) is 0 Å². The smallest absolute Gasteiger partial charge is 0.307 e. The molecule has 3 aliphatic carbocycles. The number of hydrogen-bond acceptors (Lipinski definition) is 1. The second-order valence-electron chi connectivity index (χ2n) is 4.93. The summed E-state index contributed by atoms with van der Waals surface area (Å²) in [6.07, 6.45) is 1.27. The minimum atomic E-state index is -0.570. The Bertz CT molecular complexity index is 325. The predicted octanol–water partition coefficient (Wildman–Crippen LogP) is 1.92. The van der Waals surface area contributed by atoms with Crippen LogP contribution < -0.4 is 0 Å². The summed E-state index contributed by atoms with van der Waals surface area (Å²) >= 11 is 0. The summed E-state index contributed by atoms with van der Waals surface area (Å²) in [5, 5.41) is 8.97. The highest BCUT2D eigenvalue weighted by Gasteiger charge is 2.73. The third kappa shape index (κ3) is 0.767. The van der Waals surface area contributed by atoms with E-state index in [2.05, 4.69) is 13.8 Å². The second-order valence-corrected chi connectivity index (χ2v) is 4.93. The molecule has 1 N–H and O–H groups in total. The van der Waals surface area contributed by atoms with Crippen molar-refractivity contribution in [1.29, 1.82) is 0 Å². The summed E-state index contributed by atoms with van der Waals surface area (Å²) in [6.45, 7) is 4.26. The van der Waals surface area contributed by atoms with E-state index >= 15 is 0 Å². The lowest BCUT2D eigenvalue weighted by atomic mass is 10.0. The SMILES string of the molecule is CC(C)=C1[C@@H]2[C@H](C(=O)O)[C@H]2[C@@H]2C[C@@H]12. The summed E-state index contributed by atoms with van der Waals surface area (Å²) in [4.78, 5) is 10.9. The van der Waals surface area contributed by atoms with E-state index in [-0.39, 0.29) is 5.92 Å². The number of aliphatic carboxylic acids is 1. The monoisotopic (exact) mass is 178 g/mol. The van der Waals surface area contributed by atoms with E-state index in [1.54, 1.807) is 0 Å². The fourth-order valence-electron chi connectivity index (χ4n) is 3.54. The molecule has 0 amide bonds. The lowest BCUT2D eigenvalue weighted by Crippen LogP contribution is -2.05. The van der Waals surface area contributed by atoms with Gasteiger partial charge < -0.3 is 5.11 Å². The zero-order valence-corrected chi connectivity index (χ0v) is 7.95. The fourth-order valence-corrected chi connectivity index (χ4v) is 3.54. The molecule has 0 aliphatic heterocycles. The molecule has 0 saturated heterocycles. The molecule has 2 nitrogen and oxygen atoms in total. The lowest BCUT2D eigenvalue weighted by molar-refractivity contribution is -0.139. The molecule has 0 spiro atoms. The molecule has 5 atom stereocenters. The molecule has 2 heteroatoms. The van der Waals surface area contributed by atoms with Crippen LogP contribution in [-0.2, 0) is 4.79 Å². The highest BCUT2D eigenvalue weighted by atomic mass is 16.4. The average Bonchev–Trinajstić information content (AvgIpc) is 2.85. The van der Waals surface area contributed by atoms with Crippen LogP contribution in [0.25, 0.3) is 0 Å². The summed E-state index contributed by atoms with van der Waals surface area (Å²) in [5.74, 6) is 1.90. The largest absolute Gasteiger partial charge is 0.481 e. The van der Waals surface area contributed by atoms with Gasteiger partial charge in [-0.25, -0.2) is 0 Å². The molecule has 0 aromatic carbocycles. The van der Waals surface area contributed by atoms with E-state index in [9.17, 15) is 4.79 Å². The van der Waals surface area contributed by atoms with Gasteiger partial charge in [-0.05, 0) is 43.9 Å². The Morgan fingerprint density at radius 2 is 2.15 bits per heavy atom. The summed E-state index contributed by atoms with van der Waals surface area (Å²) in [6, 6.07) is 0. The van der Waals surface area contributed by atoms with Crippen LogP contribution >= 0.6 is 0 Å². The van der Waals surface area contributed by atoms with Crippen LogP contribution in [0.5, 0.6) is 0 Å². The van der Waals surface area contributed by atoms with E-state index < -0.39 is 5.97 Å². The number of carboxylic acids is 1. The predicted molar refractivity (Wildman–Crippen MR) is 48.1 cm³/mol. The van der Waals surface area contributed by atoms with Crippen molar-refractivity contribution < 1.29 is 9.90 Å². The minimum absolute atomic E-state index is 0.0198. The highest BCUT2D eigenvalue weighted by Crippen LogP contribution is 2.75. The van der Waals surface area contributed by atoms with Crippen molar-refractivity contribution in [3.63, 3.8) is 0 Å². The van der Waals surface area contributed by atoms with Crippen LogP contribution in [0, 0.1) is 29.6 Å². The van der Waals surface area contributed by atoms with Crippen molar-refractivity contribution in [2.75, 3.05) is 0 Å². The first kappa shape index (κ1) is 7.60. The van der Waals surface area contributed by atoms with Gasteiger partial charge in [0.1, 0.15) is 0 Å². The number of rotatable bonds is 1. The van der Waals surface area contributed by atoms with Gasteiger partial charge in [-0.3, -0.25) is 4.79 Å². The van der Waals surface area contributed by atoms with Gasteiger partial charge in [0.25, 0.3) is 0 Å². The Morgan fingerprint density at radius 3 is 2.69 bits per heavy atom. The van der Waals surface area contributed by atoms with Crippen LogP contribution in [0.1, 0.15) is 20.3 Å². The molecular formula is C11H14O2. The Hall–Kier alpha value is -0.790. The van der Waals surface area contributed by atoms with Gasteiger partial charge in [0.2, 0.25) is 0 Å². The van der Waals surface area contributed by atoms with Crippen LogP contribution in [0.3, 0.4) is 0 Å². The van der Waals surface area contributed by atoms with Gasteiger partial charge in [0.15, 0.2) is 0 Å². The summed E-state index contributed by atoms with van der Waals surface area (Å²) in [5.41, 5.74) is 2.88. The van der Waals surface area contributed by atoms with Crippen molar-refractivity contribution in [3.8, 4) is 0 Å². The molecule has 70 valence electrons. The molecule has 0 aromatic heterocycles. The summed E-state index contributed by atoms with van der Waals surface area (Å²) in [7, 11) is 0. The number of allylic oxidation sites excluding steroid dienone is 2. The molecule has 0 bridgehead atoms. The number of hydrogen-bond donors (Lipinski definition) is 1. The van der Waals surface area contributed by atoms with Gasteiger partial charge in [-0.15, -0.1) is 0 Å². The molecule has 0 aromatic rings. The van der Waals surface area contributed by atoms with Gasteiger partial charge in [0, 0.05) is 0 Å². The minimum Gasteiger partial charge on any atom is -0.481 e. The Morgan fingerprint density at radius 1 is 1.46 bits per heavy atom. The van der Waals surface area contributed by atoms with E-state index in [0.717, 1.165) is 11.8 Å². The van der Waals surface area contributed by atoms with Crippen molar-refractivity contribution >= 4 is 5.97 Å². The van der Waals surface area contributed by atoms with Crippen LogP contribution in [0.4, 0.5) is 0 Å². The first-order chi connectivity index (χ1) is 6.13. The Kier molecular flexibility index (Phi) is 1.17. The topological polar surface area (TPSA) is 37.3 Å². The first-order valence-corrected chi connectivity index (χ1v) is 5.03. The van der Waals surface area contributed by atoms with Crippen LogP contribution in [-0.4, -0.2) is 11.1 Å². The standard InChI is InChI=1S/C11H14O2/c1-4(2)7-5-3-6(5)8-9(7)10(8)11(12)13/h5-6,8-10H,3H2,1-2H3,(H,12,13)/t5-,6-,8+,9+,10-/m1/s1. The molecule has 13 heavy (non-hydrogen) atoms. The third-order valence-electron chi connectivity index (χ3n) is 4.03. The van der Waals surface area contributed by atoms with Gasteiger partial charge in [-0.2, -0.15) is 0 Å². The van der Waals surface area contributed by atoms with Crippen molar-refractivity contribution in [3.05, 3.63) is 11.1 Å².